The van der Waals surface area contributed by atoms with Crippen LogP contribution in [-0.2, 0) is 0 Å². The van der Waals surface area contributed by atoms with Crippen molar-refractivity contribution < 1.29 is 4.42 Å². The van der Waals surface area contributed by atoms with Gasteiger partial charge in [0.1, 0.15) is 16.8 Å². The van der Waals surface area contributed by atoms with Crippen LogP contribution in [0.2, 0.25) is 0 Å². The Morgan fingerprint density at radius 1 is 0.778 bits per heavy atom. The second-order valence-electron chi connectivity index (χ2n) is 8.71. The monoisotopic (exact) mass is 460 g/mol. The van der Waals surface area contributed by atoms with Gasteiger partial charge in [-0.1, -0.05) is 24.3 Å². The van der Waals surface area contributed by atoms with Gasteiger partial charge in [0, 0.05) is 33.4 Å². The average Bonchev–Trinajstić information content (AvgIpc) is 3.47. The molecule has 4 aromatic carbocycles. The van der Waals surface area contributed by atoms with E-state index in [-0.39, 0.29) is 0 Å². The molecular formula is C31H16N4O. The van der Waals surface area contributed by atoms with Crippen molar-refractivity contribution in [1.29, 1.82) is 5.26 Å². The highest BCUT2D eigenvalue weighted by atomic mass is 16.3. The predicted molar refractivity (Wildman–Crippen MR) is 142 cm³/mol. The smallest absolute Gasteiger partial charge is 0.188 e. The van der Waals surface area contributed by atoms with Gasteiger partial charge in [0.2, 0.25) is 0 Å². The Hall–Kier alpha value is -5.39. The lowest BCUT2D eigenvalue weighted by Gasteiger charge is -2.10. The summed E-state index contributed by atoms with van der Waals surface area (Å²) in [6, 6.07) is 32.0. The molecule has 0 aliphatic heterocycles. The number of furan rings is 1. The third-order valence-corrected chi connectivity index (χ3v) is 6.67. The largest absolute Gasteiger partial charge is 0.456 e. The summed E-state index contributed by atoms with van der Waals surface area (Å²) in [5.41, 5.74) is 7.75. The number of fused-ring (bicyclic) bond motifs is 6. The molecule has 3 aromatic heterocycles. The molecule has 166 valence electrons. The van der Waals surface area contributed by atoms with Crippen molar-refractivity contribution in [3.63, 3.8) is 0 Å². The number of hydrogen-bond donors (Lipinski definition) is 0. The topological polar surface area (TPSA) is 59.1 Å². The van der Waals surface area contributed by atoms with Gasteiger partial charge in [-0.25, -0.2) is 9.83 Å². The van der Waals surface area contributed by atoms with E-state index < -0.39 is 0 Å². The normalized spacial score (nSPS) is 11.3. The Bertz CT molecular complexity index is 2080. The molecule has 5 heteroatoms. The van der Waals surface area contributed by atoms with E-state index in [1.54, 1.807) is 12.3 Å². The summed E-state index contributed by atoms with van der Waals surface area (Å²) in [5, 5.41) is 13.4. The van der Waals surface area contributed by atoms with Gasteiger partial charge in [0.25, 0.3) is 0 Å². The molecule has 5 nitrogen and oxygen atoms in total. The summed E-state index contributed by atoms with van der Waals surface area (Å²) in [6.45, 7) is 7.36. The minimum Gasteiger partial charge on any atom is -0.456 e. The summed E-state index contributed by atoms with van der Waals surface area (Å²) in [4.78, 5) is 8.25. The van der Waals surface area contributed by atoms with Crippen LogP contribution in [0.25, 0.3) is 65.5 Å². The molecule has 0 spiro atoms. The Morgan fingerprint density at radius 3 is 2.47 bits per heavy atom. The first-order valence-electron chi connectivity index (χ1n) is 11.5. The molecular weight excluding hydrogens is 444 g/mol. The first-order chi connectivity index (χ1) is 17.7. The first-order valence-corrected chi connectivity index (χ1v) is 11.5. The number of nitrogens with zero attached hydrogens (tertiary/aromatic N) is 4. The molecule has 36 heavy (non-hydrogen) atoms. The van der Waals surface area contributed by atoms with Gasteiger partial charge in [-0.15, -0.1) is 0 Å². The van der Waals surface area contributed by atoms with Crippen LogP contribution in [0.5, 0.6) is 0 Å². The standard InChI is InChI=1S/C31H16N4O/c1-33-22-9-12-30-27(17-22)26-16-21(8-11-29(26)36-30)20-4-2-5-23(15-20)35-28-10-7-19(18-32)14-25(28)24-6-3-13-34-31(24)35/h2-17H. The molecule has 7 rings (SSSR count). The van der Waals surface area contributed by atoms with Gasteiger partial charge in [-0.3, -0.25) is 4.57 Å². The van der Waals surface area contributed by atoms with E-state index in [0.29, 0.717) is 11.3 Å². The van der Waals surface area contributed by atoms with Crippen molar-refractivity contribution in [2.75, 3.05) is 0 Å². The fourth-order valence-corrected chi connectivity index (χ4v) is 5.02. The van der Waals surface area contributed by atoms with Crippen LogP contribution in [0.15, 0.2) is 102 Å². The van der Waals surface area contributed by atoms with Crippen LogP contribution in [0.4, 0.5) is 5.69 Å². The molecule has 0 unspecified atom stereocenters. The van der Waals surface area contributed by atoms with Crippen LogP contribution >= 0.6 is 0 Å². The van der Waals surface area contributed by atoms with Gasteiger partial charge in [0.15, 0.2) is 5.69 Å². The second kappa shape index (κ2) is 7.56. The summed E-state index contributed by atoms with van der Waals surface area (Å²) >= 11 is 0. The van der Waals surface area contributed by atoms with E-state index in [0.717, 1.165) is 60.7 Å². The van der Waals surface area contributed by atoms with Crippen molar-refractivity contribution in [2.24, 2.45) is 0 Å². The SMILES string of the molecule is [C-]#[N+]c1ccc2oc3ccc(-c4cccc(-n5c6ccc(C#N)cc6c6cccnc65)c4)cc3c2c1. The highest BCUT2D eigenvalue weighted by Gasteiger charge is 2.15. The minimum atomic E-state index is 0.594. The molecule has 0 amide bonds. The maximum Gasteiger partial charge on any atom is 0.188 e. The molecule has 0 saturated carbocycles. The summed E-state index contributed by atoms with van der Waals surface area (Å²) in [7, 11) is 0. The number of nitriles is 1. The van der Waals surface area contributed by atoms with E-state index in [4.69, 9.17) is 11.0 Å². The molecule has 0 fully saturated rings. The lowest BCUT2D eigenvalue weighted by atomic mass is 10.0. The Morgan fingerprint density at radius 2 is 1.61 bits per heavy atom. The Labute approximate surface area is 205 Å². The highest BCUT2D eigenvalue weighted by Crippen LogP contribution is 2.36. The van der Waals surface area contributed by atoms with Gasteiger partial charge in [-0.2, -0.15) is 5.26 Å². The predicted octanol–water partition coefficient (Wildman–Crippen LogP) is 8.17. The lowest BCUT2D eigenvalue weighted by molar-refractivity contribution is 0.669. The van der Waals surface area contributed by atoms with Crippen LogP contribution in [0, 0.1) is 17.9 Å². The second-order valence-corrected chi connectivity index (χ2v) is 8.71. The Kier molecular flexibility index (Phi) is 4.21. The van der Waals surface area contributed by atoms with Gasteiger partial charge in [0.05, 0.1) is 23.7 Å². The average molecular weight is 460 g/mol. The molecule has 0 bridgehead atoms. The van der Waals surface area contributed by atoms with Crippen LogP contribution in [0.1, 0.15) is 5.56 Å². The maximum atomic E-state index is 9.42. The highest BCUT2D eigenvalue weighted by molar-refractivity contribution is 6.09. The van der Waals surface area contributed by atoms with Crippen LogP contribution in [-0.4, -0.2) is 9.55 Å². The zero-order valence-corrected chi connectivity index (χ0v) is 18.9. The number of pyridine rings is 1. The van der Waals surface area contributed by atoms with E-state index in [2.05, 4.69) is 50.8 Å². The zero-order chi connectivity index (χ0) is 24.2. The number of hydrogen-bond acceptors (Lipinski definition) is 3. The van der Waals surface area contributed by atoms with Crippen molar-refractivity contribution in [3.05, 3.63) is 114 Å². The zero-order valence-electron chi connectivity index (χ0n) is 18.9. The summed E-state index contributed by atoms with van der Waals surface area (Å²) in [5.74, 6) is 0. The molecule has 0 saturated heterocycles. The summed E-state index contributed by atoms with van der Waals surface area (Å²) in [6.07, 6.45) is 1.79. The molecule has 0 aliphatic carbocycles. The minimum absolute atomic E-state index is 0.594. The molecule has 0 radical (unpaired) electrons. The third-order valence-electron chi connectivity index (χ3n) is 6.67. The van der Waals surface area contributed by atoms with E-state index in [1.807, 2.05) is 54.6 Å². The fourth-order valence-electron chi connectivity index (χ4n) is 5.02. The van der Waals surface area contributed by atoms with Crippen LogP contribution in [0.3, 0.4) is 0 Å². The third kappa shape index (κ3) is 2.91. The van der Waals surface area contributed by atoms with E-state index >= 15 is 0 Å². The van der Waals surface area contributed by atoms with Crippen molar-refractivity contribution in [3.8, 4) is 22.9 Å². The van der Waals surface area contributed by atoms with Gasteiger partial charge >= 0.3 is 0 Å². The lowest BCUT2D eigenvalue weighted by Crippen LogP contribution is -1.95. The molecule has 3 heterocycles. The van der Waals surface area contributed by atoms with E-state index in [1.165, 1.54) is 0 Å². The fraction of sp³-hybridized carbons (Fsp3) is 0. The molecule has 0 N–H and O–H groups in total. The Balaban J connectivity index is 1.44. The molecule has 0 aliphatic rings. The number of benzene rings is 4. The first kappa shape index (κ1) is 20.0. The molecule has 7 aromatic rings. The van der Waals surface area contributed by atoms with Crippen LogP contribution < -0.4 is 0 Å². The van der Waals surface area contributed by atoms with Crippen molar-refractivity contribution >= 4 is 49.6 Å². The molecule has 0 atom stereocenters. The van der Waals surface area contributed by atoms with E-state index in [9.17, 15) is 5.26 Å². The van der Waals surface area contributed by atoms with Gasteiger partial charge in [-0.05, 0) is 77.9 Å². The number of aromatic nitrogens is 2. The quantitative estimate of drug-likeness (QED) is 0.245. The number of rotatable bonds is 2. The summed E-state index contributed by atoms with van der Waals surface area (Å²) < 4.78 is 8.14. The van der Waals surface area contributed by atoms with Crippen molar-refractivity contribution in [1.82, 2.24) is 9.55 Å². The van der Waals surface area contributed by atoms with Gasteiger partial charge < -0.3 is 4.42 Å². The van der Waals surface area contributed by atoms with Crippen molar-refractivity contribution in [2.45, 2.75) is 0 Å². The maximum absolute atomic E-state index is 9.42.